The SMILES string of the molecule is CCc1ccc(C(=O)NC2CCCCC2CN)cc1[N+](=O)[O-]. The van der Waals surface area contributed by atoms with E-state index in [-0.39, 0.29) is 17.6 Å². The van der Waals surface area contributed by atoms with Gasteiger partial charge in [-0.2, -0.15) is 0 Å². The van der Waals surface area contributed by atoms with Crippen LogP contribution in [-0.4, -0.2) is 23.4 Å². The van der Waals surface area contributed by atoms with Crippen LogP contribution in [0.2, 0.25) is 0 Å². The molecule has 6 heteroatoms. The number of nitrogens with one attached hydrogen (secondary N) is 1. The Bertz CT molecular complexity index is 560. The Hall–Kier alpha value is -1.95. The van der Waals surface area contributed by atoms with Crippen LogP contribution in [0.4, 0.5) is 5.69 Å². The largest absolute Gasteiger partial charge is 0.349 e. The number of benzene rings is 1. The van der Waals surface area contributed by atoms with E-state index in [4.69, 9.17) is 5.73 Å². The van der Waals surface area contributed by atoms with Gasteiger partial charge in [0.2, 0.25) is 0 Å². The summed E-state index contributed by atoms with van der Waals surface area (Å²) in [6, 6.07) is 4.75. The van der Waals surface area contributed by atoms with Crippen molar-refractivity contribution < 1.29 is 9.72 Å². The van der Waals surface area contributed by atoms with E-state index in [0.29, 0.717) is 30.0 Å². The molecule has 0 spiro atoms. The van der Waals surface area contributed by atoms with Crippen LogP contribution in [0, 0.1) is 16.0 Å². The summed E-state index contributed by atoms with van der Waals surface area (Å²) in [6.45, 7) is 2.41. The van der Waals surface area contributed by atoms with Crippen LogP contribution in [0.5, 0.6) is 0 Å². The van der Waals surface area contributed by atoms with Crippen molar-refractivity contribution in [2.45, 2.75) is 45.1 Å². The summed E-state index contributed by atoms with van der Waals surface area (Å²) in [5.74, 6) is 0.0405. The van der Waals surface area contributed by atoms with Crippen molar-refractivity contribution in [3.63, 3.8) is 0 Å². The maximum Gasteiger partial charge on any atom is 0.273 e. The maximum atomic E-state index is 12.4. The van der Waals surface area contributed by atoms with Crippen molar-refractivity contribution in [3.8, 4) is 0 Å². The molecule has 120 valence electrons. The van der Waals surface area contributed by atoms with Crippen LogP contribution in [-0.2, 0) is 6.42 Å². The standard InChI is InChI=1S/C16H23N3O3/c1-2-11-7-8-12(9-15(11)19(21)22)16(20)18-14-6-4-3-5-13(14)10-17/h7-9,13-14H,2-6,10,17H2,1H3,(H,18,20). The average molecular weight is 305 g/mol. The molecule has 0 heterocycles. The number of carbonyl (C=O) groups is 1. The first-order chi connectivity index (χ1) is 10.6. The summed E-state index contributed by atoms with van der Waals surface area (Å²) in [6.07, 6.45) is 4.73. The summed E-state index contributed by atoms with van der Waals surface area (Å²) in [5.41, 5.74) is 6.75. The van der Waals surface area contributed by atoms with Crippen LogP contribution in [0.3, 0.4) is 0 Å². The van der Waals surface area contributed by atoms with Crippen molar-refractivity contribution in [3.05, 3.63) is 39.4 Å². The second-order valence-corrected chi connectivity index (χ2v) is 5.81. The highest BCUT2D eigenvalue weighted by Crippen LogP contribution is 2.25. The minimum absolute atomic E-state index is 0.00849. The van der Waals surface area contributed by atoms with Crippen LogP contribution in [0.1, 0.15) is 48.5 Å². The number of amides is 1. The van der Waals surface area contributed by atoms with Gasteiger partial charge in [0.05, 0.1) is 4.92 Å². The highest BCUT2D eigenvalue weighted by atomic mass is 16.6. The van der Waals surface area contributed by atoms with E-state index in [1.165, 1.54) is 6.07 Å². The third-order valence-corrected chi connectivity index (χ3v) is 4.45. The van der Waals surface area contributed by atoms with E-state index in [9.17, 15) is 14.9 Å². The monoisotopic (exact) mass is 305 g/mol. The molecule has 1 fully saturated rings. The highest BCUT2D eigenvalue weighted by Gasteiger charge is 2.26. The molecular weight excluding hydrogens is 282 g/mol. The highest BCUT2D eigenvalue weighted by molar-refractivity contribution is 5.95. The zero-order valence-corrected chi connectivity index (χ0v) is 12.9. The zero-order valence-electron chi connectivity index (χ0n) is 12.9. The predicted octanol–water partition coefficient (Wildman–Crippen LogP) is 2.40. The normalized spacial score (nSPS) is 21.4. The van der Waals surface area contributed by atoms with Gasteiger partial charge in [0.25, 0.3) is 11.6 Å². The molecule has 22 heavy (non-hydrogen) atoms. The predicted molar refractivity (Wildman–Crippen MR) is 84.7 cm³/mol. The first-order valence-electron chi connectivity index (χ1n) is 7.85. The molecule has 1 aromatic carbocycles. The lowest BCUT2D eigenvalue weighted by molar-refractivity contribution is -0.385. The van der Waals surface area contributed by atoms with Gasteiger partial charge in [0.1, 0.15) is 0 Å². The summed E-state index contributed by atoms with van der Waals surface area (Å²) >= 11 is 0. The van der Waals surface area contributed by atoms with Gasteiger partial charge in [-0.3, -0.25) is 14.9 Å². The molecule has 2 unspecified atom stereocenters. The van der Waals surface area contributed by atoms with Crippen molar-refractivity contribution in [1.82, 2.24) is 5.32 Å². The van der Waals surface area contributed by atoms with E-state index < -0.39 is 4.92 Å². The number of aryl methyl sites for hydroxylation is 1. The van der Waals surface area contributed by atoms with E-state index >= 15 is 0 Å². The molecule has 0 aliphatic heterocycles. The van der Waals surface area contributed by atoms with Crippen LogP contribution in [0.15, 0.2) is 18.2 Å². The Morgan fingerprint density at radius 3 is 2.77 bits per heavy atom. The van der Waals surface area contributed by atoms with Crippen molar-refractivity contribution >= 4 is 11.6 Å². The number of carbonyl (C=O) groups excluding carboxylic acids is 1. The fourth-order valence-corrected chi connectivity index (χ4v) is 3.11. The molecular formula is C16H23N3O3. The number of nitro groups is 1. The van der Waals surface area contributed by atoms with E-state index in [2.05, 4.69) is 5.32 Å². The van der Waals surface area contributed by atoms with E-state index in [0.717, 1.165) is 25.7 Å². The molecule has 2 rings (SSSR count). The smallest absolute Gasteiger partial charge is 0.273 e. The summed E-state index contributed by atoms with van der Waals surface area (Å²) in [4.78, 5) is 23.0. The lowest BCUT2D eigenvalue weighted by Crippen LogP contribution is -2.44. The Kier molecular flexibility index (Phi) is 5.49. The summed E-state index contributed by atoms with van der Waals surface area (Å²) < 4.78 is 0. The van der Waals surface area contributed by atoms with E-state index in [1.807, 2.05) is 6.92 Å². The van der Waals surface area contributed by atoms with Crippen molar-refractivity contribution in [1.29, 1.82) is 0 Å². The maximum absolute atomic E-state index is 12.4. The molecule has 0 aromatic heterocycles. The average Bonchev–Trinajstić information content (AvgIpc) is 2.54. The molecule has 1 saturated carbocycles. The molecule has 1 amide bonds. The number of rotatable bonds is 5. The first kappa shape index (κ1) is 16.4. The lowest BCUT2D eigenvalue weighted by atomic mass is 9.84. The van der Waals surface area contributed by atoms with Crippen molar-refractivity contribution in [2.75, 3.05) is 6.54 Å². The minimum atomic E-state index is -0.432. The molecule has 1 aromatic rings. The second kappa shape index (κ2) is 7.35. The van der Waals surface area contributed by atoms with Crippen LogP contribution >= 0.6 is 0 Å². The molecule has 2 atom stereocenters. The lowest BCUT2D eigenvalue weighted by Gasteiger charge is -2.31. The number of nitrogens with zero attached hydrogens (tertiary/aromatic N) is 1. The molecule has 1 aliphatic carbocycles. The van der Waals surface area contributed by atoms with Gasteiger partial charge in [-0.05, 0) is 37.8 Å². The Labute approximate surface area is 130 Å². The van der Waals surface area contributed by atoms with Gasteiger partial charge < -0.3 is 11.1 Å². The Balaban J connectivity index is 2.15. The molecule has 0 bridgehead atoms. The third kappa shape index (κ3) is 3.62. The topological polar surface area (TPSA) is 98.3 Å². The Morgan fingerprint density at radius 2 is 2.14 bits per heavy atom. The fourth-order valence-electron chi connectivity index (χ4n) is 3.11. The van der Waals surface area contributed by atoms with Crippen molar-refractivity contribution in [2.24, 2.45) is 11.7 Å². The number of hydrogen-bond acceptors (Lipinski definition) is 4. The first-order valence-corrected chi connectivity index (χ1v) is 7.85. The molecule has 0 radical (unpaired) electrons. The second-order valence-electron chi connectivity index (χ2n) is 5.81. The molecule has 6 nitrogen and oxygen atoms in total. The van der Waals surface area contributed by atoms with Gasteiger partial charge in [-0.25, -0.2) is 0 Å². The van der Waals surface area contributed by atoms with Gasteiger partial charge in [-0.15, -0.1) is 0 Å². The Morgan fingerprint density at radius 1 is 1.41 bits per heavy atom. The van der Waals surface area contributed by atoms with Gasteiger partial charge in [-0.1, -0.05) is 25.8 Å². The van der Waals surface area contributed by atoms with Crippen LogP contribution < -0.4 is 11.1 Å². The molecule has 0 saturated heterocycles. The van der Waals surface area contributed by atoms with E-state index in [1.54, 1.807) is 12.1 Å². The van der Waals surface area contributed by atoms with Gasteiger partial charge in [0.15, 0.2) is 0 Å². The third-order valence-electron chi connectivity index (χ3n) is 4.45. The zero-order chi connectivity index (χ0) is 16.1. The quantitative estimate of drug-likeness (QED) is 0.644. The number of hydrogen-bond donors (Lipinski definition) is 2. The number of nitro benzene ring substituents is 1. The fraction of sp³-hybridized carbons (Fsp3) is 0.562. The van der Waals surface area contributed by atoms with Gasteiger partial charge >= 0.3 is 0 Å². The minimum Gasteiger partial charge on any atom is -0.349 e. The van der Waals surface area contributed by atoms with Gasteiger partial charge in [0, 0.05) is 23.2 Å². The molecule has 3 N–H and O–H groups in total. The number of nitrogens with two attached hydrogens (primary N) is 1. The summed E-state index contributed by atoms with van der Waals surface area (Å²) in [5, 5.41) is 14.1. The molecule has 1 aliphatic rings. The summed E-state index contributed by atoms with van der Waals surface area (Å²) in [7, 11) is 0. The van der Waals surface area contributed by atoms with Crippen LogP contribution in [0.25, 0.3) is 0 Å².